The zero-order valence-electron chi connectivity index (χ0n) is 11.0. The molecule has 0 saturated carbocycles. The maximum atomic E-state index is 11.7. The lowest BCUT2D eigenvalue weighted by molar-refractivity contribution is -0.151. The van der Waals surface area contributed by atoms with Crippen LogP contribution in [-0.4, -0.2) is 31.3 Å². The molecule has 1 N–H and O–H groups in total. The van der Waals surface area contributed by atoms with Crippen molar-refractivity contribution >= 4 is 11.9 Å². The van der Waals surface area contributed by atoms with Crippen LogP contribution in [-0.2, 0) is 19.1 Å². The van der Waals surface area contributed by atoms with Gasteiger partial charge < -0.3 is 14.6 Å². The van der Waals surface area contributed by atoms with Crippen LogP contribution in [0.3, 0.4) is 0 Å². The second kappa shape index (κ2) is 7.53. The molecule has 0 saturated heterocycles. The van der Waals surface area contributed by atoms with E-state index in [4.69, 9.17) is 0 Å². The molecule has 0 amide bonds. The molecule has 0 aliphatic rings. The van der Waals surface area contributed by atoms with Crippen LogP contribution in [0.4, 0.5) is 0 Å². The van der Waals surface area contributed by atoms with Crippen LogP contribution in [0.2, 0.25) is 0 Å². The molecule has 0 heterocycles. The van der Waals surface area contributed by atoms with E-state index in [9.17, 15) is 14.7 Å². The van der Waals surface area contributed by atoms with Gasteiger partial charge in [0.2, 0.25) is 0 Å². The van der Waals surface area contributed by atoms with E-state index in [1.165, 1.54) is 14.2 Å². The van der Waals surface area contributed by atoms with Crippen molar-refractivity contribution in [1.29, 1.82) is 0 Å². The van der Waals surface area contributed by atoms with E-state index in [0.717, 1.165) is 0 Å². The molecule has 0 aromatic heterocycles. The molecular weight excluding hydrogens is 248 g/mol. The Bertz CT molecular complexity index is 415. The fourth-order valence-corrected chi connectivity index (χ4v) is 1.81. The monoisotopic (exact) mass is 266 g/mol. The van der Waals surface area contributed by atoms with E-state index in [2.05, 4.69) is 9.47 Å². The lowest BCUT2D eigenvalue weighted by atomic mass is 9.91. The molecule has 0 aliphatic heterocycles. The standard InChI is InChI=1S/C14H18O5/c1-18-12(15)9-8-11(14(17)19-2)13(16)10-6-4-3-5-7-10/h3-7,11,13,16H,8-9H2,1-2H3/t11-,13+/m1/s1. The zero-order chi connectivity index (χ0) is 14.3. The molecule has 0 aliphatic carbocycles. The summed E-state index contributed by atoms with van der Waals surface area (Å²) in [5.41, 5.74) is 0.614. The summed E-state index contributed by atoms with van der Waals surface area (Å²) in [6.45, 7) is 0. The van der Waals surface area contributed by atoms with Gasteiger partial charge in [-0.15, -0.1) is 0 Å². The second-order valence-corrected chi connectivity index (χ2v) is 4.10. The predicted molar refractivity (Wildman–Crippen MR) is 68.2 cm³/mol. The molecule has 0 fully saturated rings. The topological polar surface area (TPSA) is 72.8 Å². The Morgan fingerprint density at radius 3 is 2.32 bits per heavy atom. The van der Waals surface area contributed by atoms with Gasteiger partial charge in [0.05, 0.1) is 26.2 Å². The van der Waals surface area contributed by atoms with E-state index < -0.39 is 24.0 Å². The van der Waals surface area contributed by atoms with Crippen molar-refractivity contribution in [2.75, 3.05) is 14.2 Å². The third-order valence-corrected chi connectivity index (χ3v) is 2.91. The second-order valence-electron chi connectivity index (χ2n) is 4.10. The van der Waals surface area contributed by atoms with Crippen LogP contribution < -0.4 is 0 Å². The van der Waals surface area contributed by atoms with Gasteiger partial charge in [-0.3, -0.25) is 9.59 Å². The summed E-state index contributed by atoms with van der Waals surface area (Å²) in [6.07, 6.45) is -0.770. The quantitative estimate of drug-likeness (QED) is 0.789. The first-order chi connectivity index (χ1) is 9.10. The number of carbonyl (C=O) groups is 2. The van der Waals surface area contributed by atoms with E-state index in [1.807, 2.05) is 6.07 Å². The Morgan fingerprint density at radius 2 is 1.79 bits per heavy atom. The average molecular weight is 266 g/mol. The number of carbonyl (C=O) groups excluding carboxylic acids is 2. The summed E-state index contributed by atoms with van der Waals surface area (Å²) < 4.78 is 9.20. The zero-order valence-corrected chi connectivity index (χ0v) is 11.0. The number of hydrogen-bond acceptors (Lipinski definition) is 5. The Balaban J connectivity index is 2.79. The highest BCUT2D eigenvalue weighted by Gasteiger charge is 2.29. The minimum atomic E-state index is -1.00. The lowest BCUT2D eigenvalue weighted by Crippen LogP contribution is -2.24. The number of ether oxygens (including phenoxy) is 2. The van der Waals surface area contributed by atoms with E-state index in [-0.39, 0.29) is 12.8 Å². The van der Waals surface area contributed by atoms with Gasteiger partial charge in [0.25, 0.3) is 0 Å². The molecule has 0 spiro atoms. The maximum Gasteiger partial charge on any atom is 0.311 e. The number of rotatable bonds is 6. The van der Waals surface area contributed by atoms with Gasteiger partial charge in [0.15, 0.2) is 0 Å². The summed E-state index contributed by atoms with van der Waals surface area (Å²) in [5, 5.41) is 10.2. The summed E-state index contributed by atoms with van der Waals surface area (Å²) in [7, 11) is 2.54. The van der Waals surface area contributed by atoms with E-state index in [0.29, 0.717) is 5.56 Å². The molecule has 0 bridgehead atoms. The first kappa shape index (κ1) is 15.2. The number of aliphatic hydroxyl groups excluding tert-OH is 1. The van der Waals surface area contributed by atoms with Crippen molar-refractivity contribution in [1.82, 2.24) is 0 Å². The number of esters is 2. The molecular formula is C14H18O5. The summed E-state index contributed by atoms with van der Waals surface area (Å²) in [6, 6.07) is 8.80. The van der Waals surface area contributed by atoms with Crippen molar-refractivity contribution in [3.63, 3.8) is 0 Å². The largest absolute Gasteiger partial charge is 0.469 e. The number of benzene rings is 1. The van der Waals surface area contributed by atoms with Crippen molar-refractivity contribution in [2.45, 2.75) is 18.9 Å². The van der Waals surface area contributed by atoms with Crippen molar-refractivity contribution in [3.8, 4) is 0 Å². The first-order valence-electron chi connectivity index (χ1n) is 5.97. The Morgan fingerprint density at radius 1 is 1.16 bits per heavy atom. The smallest absolute Gasteiger partial charge is 0.311 e. The Labute approximate surface area is 112 Å². The predicted octanol–water partition coefficient (Wildman–Crippen LogP) is 1.46. The van der Waals surface area contributed by atoms with Crippen LogP contribution in [0.15, 0.2) is 30.3 Å². The molecule has 0 unspecified atom stereocenters. The van der Waals surface area contributed by atoms with Crippen LogP contribution in [0, 0.1) is 5.92 Å². The van der Waals surface area contributed by atoms with Gasteiger partial charge in [0.1, 0.15) is 0 Å². The van der Waals surface area contributed by atoms with Gasteiger partial charge in [-0.25, -0.2) is 0 Å². The van der Waals surface area contributed by atoms with E-state index >= 15 is 0 Å². The van der Waals surface area contributed by atoms with Crippen LogP contribution in [0.1, 0.15) is 24.5 Å². The van der Waals surface area contributed by atoms with Crippen molar-refractivity contribution in [3.05, 3.63) is 35.9 Å². The fourth-order valence-electron chi connectivity index (χ4n) is 1.81. The van der Waals surface area contributed by atoms with Gasteiger partial charge in [0, 0.05) is 6.42 Å². The summed E-state index contributed by atoms with van der Waals surface area (Å²) in [4.78, 5) is 22.8. The van der Waals surface area contributed by atoms with Gasteiger partial charge >= 0.3 is 11.9 Å². The maximum absolute atomic E-state index is 11.7. The van der Waals surface area contributed by atoms with Gasteiger partial charge in [-0.1, -0.05) is 30.3 Å². The van der Waals surface area contributed by atoms with Gasteiger partial charge in [-0.05, 0) is 12.0 Å². The van der Waals surface area contributed by atoms with Gasteiger partial charge in [-0.2, -0.15) is 0 Å². The minimum Gasteiger partial charge on any atom is -0.469 e. The van der Waals surface area contributed by atoms with Crippen LogP contribution in [0.25, 0.3) is 0 Å². The van der Waals surface area contributed by atoms with Crippen LogP contribution in [0.5, 0.6) is 0 Å². The van der Waals surface area contributed by atoms with E-state index in [1.54, 1.807) is 24.3 Å². The Kier molecular flexibility index (Phi) is 6.02. The molecule has 104 valence electrons. The minimum absolute atomic E-state index is 0.0557. The molecule has 19 heavy (non-hydrogen) atoms. The molecule has 0 radical (unpaired) electrons. The highest BCUT2D eigenvalue weighted by atomic mass is 16.5. The Hall–Kier alpha value is -1.88. The fraction of sp³-hybridized carbons (Fsp3) is 0.429. The highest BCUT2D eigenvalue weighted by Crippen LogP contribution is 2.26. The summed E-state index contributed by atoms with van der Waals surface area (Å²) >= 11 is 0. The van der Waals surface area contributed by atoms with Crippen molar-refractivity contribution in [2.24, 2.45) is 5.92 Å². The molecule has 2 atom stereocenters. The van der Waals surface area contributed by atoms with Crippen LogP contribution >= 0.6 is 0 Å². The normalized spacial score (nSPS) is 13.4. The molecule has 1 rings (SSSR count). The third kappa shape index (κ3) is 4.37. The molecule has 5 heteroatoms. The lowest BCUT2D eigenvalue weighted by Gasteiger charge is -2.20. The number of methoxy groups -OCH3 is 2. The highest BCUT2D eigenvalue weighted by molar-refractivity contribution is 5.75. The van der Waals surface area contributed by atoms with Crippen molar-refractivity contribution < 1.29 is 24.2 Å². The molecule has 1 aromatic carbocycles. The average Bonchev–Trinajstić information content (AvgIpc) is 2.47. The first-order valence-corrected chi connectivity index (χ1v) is 5.97. The molecule has 1 aromatic rings. The molecule has 5 nitrogen and oxygen atoms in total. The SMILES string of the molecule is COC(=O)CC[C@@H](C(=O)OC)[C@@H](O)c1ccccc1. The number of aliphatic hydroxyl groups is 1. The number of hydrogen-bond donors (Lipinski definition) is 1. The summed E-state index contributed by atoms with van der Waals surface area (Å²) in [5.74, 6) is -1.75. The third-order valence-electron chi connectivity index (χ3n) is 2.91.